The number of carbonyl (C=O) groups is 1. The molecule has 1 amide bonds. The number of nitrogens with one attached hydrogen (secondary N) is 1. The number of hydrogen-bond acceptors (Lipinski definition) is 3. The molecule has 5 unspecified atom stereocenters. The van der Waals surface area contributed by atoms with Gasteiger partial charge in [0, 0.05) is 37.3 Å². The Kier molecular flexibility index (Phi) is 4.51. The third-order valence-corrected chi connectivity index (χ3v) is 4.69. The molecule has 0 aliphatic carbocycles. The lowest BCUT2D eigenvalue weighted by Gasteiger charge is -2.40. The minimum Gasteiger partial charge on any atom is -0.338 e. The molecule has 2 aliphatic rings. The smallest absolute Gasteiger partial charge is 0.239 e. The summed E-state index contributed by atoms with van der Waals surface area (Å²) >= 11 is 0. The van der Waals surface area contributed by atoms with Crippen molar-refractivity contribution in [1.29, 1.82) is 0 Å². The molecule has 0 spiro atoms. The summed E-state index contributed by atoms with van der Waals surface area (Å²) in [6.07, 6.45) is 2.43. The fraction of sp³-hybridized carbons (Fsp3) is 0.933. The van der Waals surface area contributed by atoms with Crippen LogP contribution in [0.25, 0.3) is 0 Å². The molecule has 2 fully saturated rings. The Bertz CT molecular complexity index is 313. The molecule has 0 aromatic heterocycles. The summed E-state index contributed by atoms with van der Waals surface area (Å²) in [5, 5.41) is 3.48. The Labute approximate surface area is 117 Å². The standard InChI is InChI=1S/C15H29N3O/c1-10-8-17(9-11(2)16-10)15(19)14(5)18-12(3)6-7-13(18)4/h10-14,16H,6-9H2,1-5H3. The van der Waals surface area contributed by atoms with Crippen molar-refractivity contribution in [2.24, 2.45) is 0 Å². The molecule has 0 aromatic rings. The number of nitrogens with zero attached hydrogens (tertiary/aromatic N) is 2. The van der Waals surface area contributed by atoms with Crippen LogP contribution in [0.1, 0.15) is 47.5 Å². The molecule has 1 N–H and O–H groups in total. The summed E-state index contributed by atoms with van der Waals surface area (Å²) in [6, 6.07) is 1.88. The monoisotopic (exact) mass is 267 g/mol. The Morgan fingerprint density at radius 1 is 1.05 bits per heavy atom. The molecule has 0 saturated carbocycles. The molecule has 2 aliphatic heterocycles. The predicted molar refractivity (Wildman–Crippen MR) is 78.1 cm³/mol. The molecule has 2 saturated heterocycles. The van der Waals surface area contributed by atoms with E-state index in [1.807, 2.05) is 4.90 Å². The van der Waals surface area contributed by atoms with Gasteiger partial charge in [0.1, 0.15) is 0 Å². The van der Waals surface area contributed by atoms with Gasteiger partial charge in [-0.05, 0) is 47.5 Å². The average Bonchev–Trinajstić information content (AvgIpc) is 2.66. The number of carbonyl (C=O) groups excluding carboxylic acids is 1. The van der Waals surface area contributed by atoms with E-state index in [0.29, 0.717) is 30.1 Å². The lowest BCUT2D eigenvalue weighted by Crippen LogP contribution is -2.59. The maximum atomic E-state index is 12.7. The summed E-state index contributed by atoms with van der Waals surface area (Å²) in [4.78, 5) is 17.2. The maximum absolute atomic E-state index is 12.7. The molecule has 19 heavy (non-hydrogen) atoms. The van der Waals surface area contributed by atoms with E-state index in [0.717, 1.165) is 13.1 Å². The van der Waals surface area contributed by atoms with Crippen LogP contribution in [0.3, 0.4) is 0 Å². The second-order valence-corrected chi connectivity index (χ2v) is 6.61. The third kappa shape index (κ3) is 3.11. The van der Waals surface area contributed by atoms with E-state index >= 15 is 0 Å². The van der Waals surface area contributed by atoms with Crippen molar-refractivity contribution in [1.82, 2.24) is 15.1 Å². The number of piperazine rings is 1. The first-order valence-corrected chi connectivity index (χ1v) is 7.72. The van der Waals surface area contributed by atoms with Gasteiger partial charge in [0.15, 0.2) is 0 Å². The van der Waals surface area contributed by atoms with Gasteiger partial charge in [0.25, 0.3) is 0 Å². The highest BCUT2D eigenvalue weighted by atomic mass is 16.2. The topological polar surface area (TPSA) is 35.6 Å². The van der Waals surface area contributed by atoms with E-state index in [1.54, 1.807) is 0 Å². The predicted octanol–water partition coefficient (Wildman–Crippen LogP) is 1.46. The van der Waals surface area contributed by atoms with Crippen molar-refractivity contribution >= 4 is 5.91 Å². The Morgan fingerprint density at radius 3 is 2.00 bits per heavy atom. The lowest BCUT2D eigenvalue weighted by atomic mass is 10.1. The SMILES string of the molecule is CC1CN(C(=O)C(C)N2C(C)CCC2C)CC(C)N1. The molecule has 5 atom stereocenters. The van der Waals surface area contributed by atoms with Crippen molar-refractivity contribution in [3.63, 3.8) is 0 Å². The Morgan fingerprint density at radius 2 is 1.53 bits per heavy atom. The first kappa shape index (κ1) is 14.8. The molecule has 4 nitrogen and oxygen atoms in total. The largest absolute Gasteiger partial charge is 0.338 e. The first-order valence-electron chi connectivity index (χ1n) is 7.72. The van der Waals surface area contributed by atoms with Crippen molar-refractivity contribution in [2.75, 3.05) is 13.1 Å². The zero-order valence-electron chi connectivity index (χ0n) is 13.0. The van der Waals surface area contributed by atoms with Crippen LogP contribution in [0.15, 0.2) is 0 Å². The Hall–Kier alpha value is -0.610. The van der Waals surface area contributed by atoms with Crippen molar-refractivity contribution in [3.05, 3.63) is 0 Å². The van der Waals surface area contributed by atoms with Gasteiger partial charge in [0.2, 0.25) is 5.91 Å². The molecule has 0 radical (unpaired) electrons. The molecular formula is C15H29N3O. The van der Waals surface area contributed by atoms with Crippen molar-refractivity contribution in [3.8, 4) is 0 Å². The zero-order valence-corrected chi connectivity index (χ0v) is 13.0. The fourth-order valence-electron chi connectivity index (χ4n) is 3.88. The molecule has 4 heteroatoms. The number of rotatable bonds is 2. The van der Waals surface area contributed by atoms with Gasteiger partial charge in [-0.2, -0.15) is 0 Å². The van der Waals surface area contributed by atoms with Gasteiger partial charge in [-0.1, -0.05) is 0 Å². The summed E-state index contributed by atoms with van der Waals surface area (Å²) in [6.45, 7) is 12.6. The van der Waals surface area contributed by atoms with Crippen LogP contribution < -0.4 is 5.32 Å². The van der Waals surface area contributed by atoms with Gasteiger partial charge in [-0.3, -0.25) is 9.69 Å². The normalized spacial score (nSPS) is 38.5. The highest BCUT2D eigenvalue weighted by Crippen LogP contribution is 2.26. The van der Waals surface area contributed by atoms with Gasteiger partial charge >= 0.3 is 0 Å². The quantitative estimate of drug-likeness (QED) is 0.823. The summed E-state index contributed by atoms with van der Waals surface area (Å²) in [5.74, 6) is 0.306. The second-order valence-electron chi connectivity index (χ2n) is 6.61. The fourth-order valence-corrected chi connectivity index (χ4v) is 3.88. The minimum atomic E-state index is 0.0185. The van der Waals surface area contributed by atoms with Crippen LogP contribution in [0.5, 0.6) is 0 Å². The van der Waals surface area contributed by atoms with Crippen LogP contribution in [-0.2, 0) is 4.79 Å². The first-order chi connectivity index (χ1) is 8.90. The van der Waals surface area contributed by atoms with Crippen LogP contribution in [0.4, 0.5) is 0 Å². The van der Waals surface area contributed by atoms with Gasteiger partial charge < -0.3 is 10.2 Å². The van der Waals surface area contributed by atoms with Gasteiger partial charge in [-0.25, -0.2) is 0 Å². The minimum absolute atomic E-state index is 0.0185. The summed E-state index contributed by atoms with van der Waals surface area (Å²) in [7, 11) is 0. The molecule has 2 rings (SSSR count). The van der Waals surface area contributed by atoms with Gasteiger partial charge in [0.05, 0.1) is 6.04 Å². The highest BCUT2D eigenvalue weighted by Gasteiger charge is 2.37. The van der Waals surface area contributed by atoms with Crippen LogP contribution in [0.2, 0.25) is 0 Å². The number of hydrogen-bond donors (Lipinski definition) is 1. The van der Waals surface area contributed by atoms with Crippen LogP contribution >= 0.6 is 0 Å². The average molecular weight is 267 g/mol. The second kappa shape index (κ2) is 5.80. The number of likely N-dealkylation sites (tertiary alicyclic amines) is 1. The van der Waals surface area contributed by atoms with E-state index in [4.69, 9.17) is 0 Å². The van der Waals surface area contributed by atoms with Crippen molar-refractivity contribution < 1.29 is 4.79 Å². The summed E-state index contributed by atoms with van der Waals surface area (Å²) < 4.78 is 0. The molecule has 110 valence electrons. The zero-order chi connectivity index (χ0) is 14.2. The van der Waals surface area contributed by atoms with E-state index in [9.17, 15) is 4.79 Å². The molecule has 0 aromatic carbocycles. The van der Waals surface area contributed by atoms with Crippen LogP contribution in [0, 0.1) is 0 Å². The van der Waals surface area contributed by atoms with Crippen LogP contribution in [-0.4, -0.2) is 59.0 Å². The molecule has 2 heterocycles. The number of amides is 1. The van der Waals surface area contributed by atoms with E-state index in [1.165, 1.54) is 12.8 Å². The maximum Gasteiger partial charge on any atom is 0.239 e. The van der Waals surface area contributed by atoms with Gasteiger partial charge in [-0.15, -0.1) is 0 Å². The molecular weight excluding hydrogens is 238 g/mol. The van der Waals surface area contributed by atoms with Crippen molar-refractivity contribution in [2.45, 2.75) is 77.7 Å². The molecule has 0 bridgehead atoms. The summed E-state index contributed by atoms with van der Waals surface area (Å²) in [5.41, 5.74) is 0. The van der Waals surface area contributed by atoms with E-state index < -0.39 is 0 Å². The third-order valence-electron chi connectivity index (χ3n) is 4.69. The Balaban J connectivity index is 2.02. The highest BCUT2D eigenvalue weighted by molar-refractivity contribution is 5.81. The lowest BCUT2D eigenvalue weighted by molar-refractivity contribution is -0.139. The van der Waals surface area contributed by atoms with E-state index in [-0.39, 0.29) is 6.04 Å². The van der Waals surface area contributed by atoms with E-state index in [2.05, 4.69) is 44.8 Å².